The van der Waals surface area contributed by atoms with Crippen LogP contribution in [-0.4, -0.2) is 34.9 Å². The van der Waals surface area contributed by atoms with E-state index in [1.165, 1.54) is 128 Å². The third-order valence-electron chi connectivity index (χ3n) is 9.26. The summed E-state index contributed by atoms with van der Waals surface area (Å²) in [6.07, 6.45) is 56.1. The van der Waals surface area contributed by atoms with Gasteiger partial charge in [0.05, 0.1) is 18.8 Å². The summed E-state index contributed by atoms with van der Waals surface area (Å²) < 4.78 is 0. The van der Waals surface area contributed by atoms with Crippen molar-refractivity contribution in [3.05, 3.63) is 60.8 Å². The van der Waals surface area contributed by atoms with Gasteiger partial charge in [-0.2, -0.15) is 0 Å². The van der Waals surface area contributed by atoms with Crippen LogP contribution in [0.5, 0.6) is 0 Å². The Bertz CT molecular complexity index is 827. The van der Waals surface area contributed by atoms with E-state index in [0.717, 1.165) is 51.4 Å². The number of hydrogen-bond acceptors (Lipinski definition) is 3. The van der Waals surface area contributed by atoms with Crippen molar-refractivity contribution in [2.24, 2.45) is 0 Å². The third-order valence-corrected chi connectivity index (χ3v) is 9.26. The second-order valence-corrected chi connectivity index (χ2v) is 14.0. The molecule has 3 N–H and O–H groups in total. The Morgan fingerprint density at radius 2 is 0.898 bits per heavy atom. The number of rotatable bonds is 37. The number of carbonyl (C=O) groups is 1. The lowest BCUT2D eigenvalue weighted by atomic mass is 10.0. The summed E-state index contributed by atoms with van der Waals surface area (Å²) in [4.78, 5) is 12.4. The topological polar surface area (TPSA) is 69.6 Å². The highest BCUT2D eigenvalue weighted by molar-refractivity contribution is 5.76. The lowest BCUT2D eigenvalue weighted by Crippen LogP contribution is -2.45. The fourth-order valence-corrected chi connectivity index (χ4v) is 6.05. The second-order valence-electron chi connectivity index (χ2n) is 14.0. The van der Waals surface area contributed by atoms with Crippen LogP contribution in [-0.2, 0) is 4.79 Å². The molecule has 0 aliphatic carbocycles. The standard InChI is InChI=1S/C45H81NO3/c1-3-5-7-9-11-13-15-17-18-19-20-21-22-23-24-25-26-27-28-29-31-33-35-37-39-41-45(49)46-43(42-47)44(48)40-38-36-34-32-30-16-14-12-10-8-6-4-2/h5,7,11,13,17-18,20-21,38,40,43-44,47-48H,3-4,6,8-10,12,14-16,19,22-37,39,41-42H2,1-2H3,(H,46,49)/b7-5-,13-11-,18-17-,21-20-,40-38+. The zero-order valence-corrected chi connectivity index (χ0v) is 32.4. The second kappa shape index (κ2) is 40.5. The Balaban J connectivity index is 3.56. The molecule has 0 aliphatic heterocycles. The highest BCUT2D eigenvalue weighted by atomic mass is 16.3. The summed E-state index contributed by atoms with van der Waals surface area (Å²) in [6, 6.07) is -0.623. The van der Waals surface area contributed by atoms with Crippen LogP contribution in [0.4, 0.5) is 0 Å². The normalized spacial score (nSPS) is 13.6. The van der Waals surface area contributed by atoms with E-state index in [1.54, 1.807) is 6.08 Å². The summed E-state index contributed by atoms with van der Waals surface area (Å²) in [5.41, 5.74) is 0. The minimum absolute atomic E-state index is 0.0698. The van der Waals surface area contributed by atoms with Crippen molar-refractivity contribution in [2.45, 2.75) is 212 Å². The van der Waals surface area contributed by atoms with Gasteiger partial charge in [-0.25, -0.2) is 0 Å². The lowest BCUT2D eigenvalue weighted by molar-refractivity contribution is -0.123. The first-order valence-electron chi connectivity index (χ1n) is 21.0. The number of aliphatic hydroxyl groups is 2. The van der Waals surface area contributed by atoms with Crippen LogP contribution in [0.25, 0.3) is 0 Å². The Morgan fingerprint density at radius 1 is 0.510 bits per heavy atom. The van der Waals surface area contributed by atoms with Crippen molar-refractivity contribution in [3.8, 4) is 0 Å². The Kier molecular flexibility index (Phi) is 38.9. The molecule has 0 rings (SSSR count). The van der Waals surface area contributed by atoms with Crippen molar-refractivity contribution in [1.29, 1.82) is 0 Å². The molecule has 0 aromatic rings. The summed E-state index contributed by atoms with van der Waals surface area (Å²) in [5, 5.41) is 22.9. The van der Waals surface area contributed by atoms with Crippen molar-refractivity contribution in [2.75, 3.05) is 6.61 Å². The number of nitrogens with one attached hydrogen (secondary N) is 1. The number of allylic oxidation sites excluding steroid dienone is 9. The highest BCUT2D eigenvalue weighted by Crippen LogP contribution is 2.14. The van der Waals surface area contributed by atoms with Crippen LogP contribution in [0.15, 0.2) is 60.8 Å². The van der Waals surface area contributed by atoms with Gasteiger partial charge in [0.2, 0.25) is 5.91 Å². The van der Waals surface area contributed by atoms with Crippen LogP contribution < -0.4 is 5.32 Å². The van der Waals surface area contributed by atoms with Crippen molar-refractivity contribution >= 4 is 5.91 Å². The largest absolute Gasteiger partial charge is 0.394 e. The first kappa shape index (κ1) is 47.1. The van der Waals surface area contributed by atoms with E-state index in [4.69, 9.17) is 0 Å². The van der Waals surface area contributed by atoms with Gasteiger partial charge in [0.15, 0.2) is 0 Å². The van der Waals surface area contributed by atoms with Gasteiger partial charge < -0.3 is 15.5 Å². The van der Waals surface area contributed by atoms with Gasteiger partial charge in [-0.1, -0.05) is 197 Å². The van der Waals surface area contributed by atoms with E-state index in [0.29, 0.717) is 6.42 Å². The van der Waals surface area contributed by atoms with Crippen LogP contribution in [0, 0.1) is 0 Å². The smallest absolute Gasteiger partial charge is 0.220 e. The number of hydrogen-bond donors (Lipinski definition) is 3. The minimum Gasteiger partial charge on any atom is -0.394 e. The van der Waals surface area contributed by atoms with E-state index in [9.17, 15) is 15.0 Å². The summed E-state index contributed by atoms with van der Waals surface area (Å²) in [7, 11) is 0. The van der Waals surface area contributed by atoms with E-state index in [-0.39, 0.29) is 12.5 Å². The van der Waals surface area contributed by atoms with E-state index >= 15 is 0 Å². The van der Waals surface area contributed by atoms with E-state index in [2.05, 4.69) is 67.8 Å². The van der Waals surface area contributed by atoms with Gasteiger partial charge >= 0.3 is 0 Å². The Hall–Kier alpha value is -1.91. The fraction of sp³-hybridized carbons (Fsp3) is 0.756. The Morgan fingerprint density at radius 3 is 1.35 bits per heavy atom. The van der Waals surface area contributed by atoms with E-state index < -0.39 is 12.1 Å². The molecule has 4 heteroatoms. The molecule has 284 valence electrons. The molecule has 0 aromatic heterocycles. The van der Waals surface area contributed by atoms with Crippen molar-refractivity contribution in [3.63, 3.8) is 0 Å². The molecule has 0 saturated carbocycles. The maximum Gasteiger partial charge on any atom is 0.220 e. The molecule has 2 atom stereocenters. The first-order valence-corrected chi connectivity index (χ1v) is 21.0. The maximum absolute atomic E-state index is 12.4. The quantitative estimate of drug-likeness (QED) is 0.0451. The molecule has 0 fully saturated rings. The molecule has 0 spiro atoms. The fourth-order valence-electron chi connectivity index (χ4n) is 6.05. The van der Waals surface area contributed by atoms with Gasteiger partial charge in [0, 0.05) is 6.42 Å². The molecule has 4 nitrogen and oxygen atoms in total. The molecule has 0 bridgehead atoms. The van der Waals surface area contributed by atoms with Gasteiger partial charge in [-0.15, -0.1) is 0 Å². The zero-order chi connectivity index (χ0) is 35.7. The van der Waals surface area contributed by atoms with Gasteiger partial charge in [0.1, 0.15) is 0 Å². The molecule has 49 heavy (non-hydrogen) atoms. The predicted octanol–water partition coefficient (Wildman–Crippen LogP) is 13.0. The summed E-state index contributed by atoms with van der Waals surface area (Å²) >= 11 is 0. The zero-order valence-electron chi connectivity index (χ0n) is 32.4. The molecule has 0 aromatic carbocycles. The third kappa shape index (κ3) is 37.2. The predicted molar refractivity (Wildman–Crippen MR) is 216 cm³/mol. The van der Waals surface area contributed by atoms with Gasteiger partial charge in [-0.3, -0.25) is 4.79 Å². The molecule has 0 radical (unpaired) electrons. The summed E-state index contributed by atoms with van der Waals surface area (Å²) in [5.74, 6) is -0.0698. The maximum atomic E-state index is 12.4. The van der Waals surface area contributed by atoms with Crippen LogP contribution in [0.1, 0.15) is 200 Å². The number of amides is 1. The minimum atomic E-state index is -0.840. The van der Waals surface area contributed by atoms with Crippen LogP contribution in [0.3, 0.4) is 0 Å². The Labute approximate surface area is 305 Å². The number of carbonyl (C=O) groups excluding carboxylic acids is 1. The van der Waals surface area contributed by atoms with Crippen LogP contribution in [0.2, 0.25) is 0 Å². The molecule has 2 unspecified atom stereocenters. The highest BCUT2D eigenvalue weighted by Gasteiger charge is 2.17. The molecule has 0 heterocycles. The summed E-state index contributed by atoms with van der Waals surface area (Å²) in [6.45, 7) is 4.18. The van der Waals surface area contributed by atoms with E-state index in [1.807, 2.05) is 6.08 Å². The number of aliphatic hydroxyl groups excluding tert-OH is 2. The average Bonchev–Trinajstić information content (AvgIpc) is 3.10. The molecule has 1 amide bonds. The van der Waals surface area contributed by atoms with Gasteiger partial charge in [0.25, 0.3) is 0 Å². The first-order chi connectivity index (χ1) is 24.2. The average molecular weight is 684 g/mol. The SMILES string of the molecule is CC/C=C\C/C=C\C/C=C\C/C=C\CCCCCCCCCCCCCCC(=O)NC(CO)C(O)/C=C/CCCCCCCCCCCC. The monoisotopic (exact) mass is 684 g/mol. The van der Waals surface area contributed by atoms with Crippen molar-refractivity contribution < 1.29 is 15.0 Å². The lowest BCUT2D eigenvalue weighted by Gasteiger charge is -2.20. The molecule has 0 saturated heterocycles. The van der Waals surface area contributed by atoms with Crippen molar-refractivity contribution in [1.82, 2.24) is 5.32 Å². The molecule has 0 aliphatic rings. The molecular formula is C45H81NO3. The van der Waals surface area contributed by atoms with Gasteiger partial charge in [-0.05, 0) is 57.8 Å². The van der Waals surface area contributed by atoms with Crippen LogP contribution >= 0.6 is 0 Å². The molecular weight excluding hydrogens is 602 g/mol. The number of unbranched alkanes of at least 4 members (excludes halogenated alkanes) is 22.